The number of furan rings is 1. The maximum absolute atomic E-state index is 6.17. The average Bonchev–Trinajstić information content (AvgIpc) is 3.12. The van der Waals surface area contributed by atoms with Crippen molar-refractivity contribution in [3.05, 3.63) is 47.5 Å². The molecule has 0 saturated carbocycles. The van der Waals surface area contributed by atoms with Crippen LogP contribution in [0.25, 0.3) is 11.0 Å². The van der Waals surface area contributed by atoms with Crippen LogP contribution < -0.4 is 4.74 Å². The van der Waals surface area contributed by atoms with Crippen molar-refractivity contribution in [3.63, 3.8) is 0 Å². The molecule has 0 fully saturated rings. The molecule has 4 heteroatoms. The normalized spacial score (nSPS) is 11.8. The molecule has 0 radical (unpaired) electrons. The summed E-state index contributed by atoms with van der Waals surface area (Å²) in [5, 5.41) is 5.43. The Morgan fingerprint density at radius 1 is 1.13 bits per heavy atom. The van der Waals surface area contributed by atoms with E-state index in [4.69, 9.17) is 9.15 Å². The Labute approximate surface area is 137 Å². The summed E-state index contributed by atoms with van der Waals surface area (Å²) in [6.07, 6.45) is 3.67. The van der Waals surface area contributed by atoms with E-state index >= 15 is 0 Å². The second kappa shape index (κ2) is 6.11. The molecule has 0 aliphatic heterocycles. The van der Waals surface area contributed by atoms with Crippen LogP contribution in [0.2, 0.25) is 0 Å². The van der Waals surface area contributed by atoms with Crippen LogP contribution in [0.5, 0.6) is 5.75 Å². The van der Waals surface area contributed by atoms with Crippen molar-refractivity contribution in [1.82, 2.24) is 9.78 Å². The van der Waals surface area contributed by atoms with Gasteiger partial charge >= 0.3 is 0 Å². The summed E-state index contributed by atoms with van der Waals surface area (Å²) in [4.78, 5) is 0. The minimum absolute atomic E-state index is 0.380. The van der Waals surface area contributed by atoms with Crippen LogP contribution in [0, 0.1) is 0 Å². The summed E-state index contributed by atoms with van der Waals surface area (Å²) in [7, 11) is 1.91. The molecule has 0 unspecified atom stereocenters. The van der Waals surface area contributed by atoms with E-state index in [0.717, 1.165) is 22.4 Å². The molecule has 0 spiro atoms. The van der Waals surface area contributed by atoms with Crippen LogP contribution >= 0.6 is 0 Å². The van der Waals surface area contributed by atoms with Gasteiger partial charge in [-0.3, -0.25) is 4.68 Å². The number of nitrogens with zero attached hydrogens (tertiary/aromatic N) is 2. The van der Waals surface area contributed by atoms with Crippen LogP contribution in [-0.4, -0.2) is 9.78 Å². The largest absolute Gasteiger partial charge is 0.486 e. The van der Waals surface area contributed by atoms with Gasteiger partial charge in [0, 0.05) is 13.2 Å². The molecule has 0 aliphatic rings. The summed E-state index contributed by atoms with van der Waals surface area (Å²) < 4.78 is 13.7. The van der Waals surface area contributed by atoms with E-state index < -0.39 is 0 Å². The third-order valence-electron chi connectivity index (χ3n) is 4.12. The summed E-state index contributed by atoms with van der Waals surface area (Å²) >= 11 is 0. The SMILES string of the molecule is CC(C)c1cc(C(C)C)c2occc2c1OCc1ccn(C)n1. The Morgan fingerprint density at radius 3 is 2.48 bits per heavy atom. The van der Waals surface area contributed by atoms with E-state index in [-0.39, 0.29) is 0 Å². The first kappa shape index (κ1) is 15.7. The number of benzene rings is 1. The number of hydrogen-bond acceptors (Lipinski definition) is 3. The Kier molecular flexibility index (Phi) is 4.16. The zero-order valence-electron chi connectivity index (χ0n) is 14.5. The Morgan fingerprint density at radius 2 is 1.87 bits per heavy atom. The highest BCUT2D eigenvalue weighted by atomic mass is 16.5. The summed E-state index contributed by atoms with van der Waals surface area (Å²) in [6.45, 7) is 9.23. The fraction of sp³-hybridized carbons (Fsp3) is 0.421. The van der Waals surface area contributed by atoms with E-state index in [1.165, 1.54) is 11.1 Å². The maximum atomic E-state index is 6.17. The molecule has 122 valence electrons. The van der Waals surface area contributed by atoms with Crippen molar-refractivity contribution in [2.45, 2.75) is 46.1 Å². The summed E-state index contributed by atoms with van der Waals surface area (Å²) in [5.74, 6) is 1.70. The number of aromatic nitrogens is 2. The molecule has 0 N–H and O–H groups in total. The monoisotopic (exact) mass is 312 g/mol. The first-order valence-corrected chi connectivity index (χ1v) is 8.12. The lowest BCUT2D eigenvalue weighted by atomic mass is 9.92. The van der Waals surface area contributed by atoms with Crippen LogP contribution in [0.4, 0.5) is 0 Å². The van der Waals surface area contributed by atoms with Gasteiger partial charge in [-0.1, -0.05) is 27.7 Å². The molecular weight excluding hydrogens is 288 g/mol. The number of hydrogen-bond donors (Lipinski definition) is 0. The molecule has 2 heterocycles. The van der Waals surface area contributed by atoms with Crippen molar-refractivity contribution in [1.29, 1.82) is 0 Å². The lowest BCUT2D eigenvalue weighted by Crippen LogP contribution is -2.03. The molecule has 0 amide bonds. The van der Waals surface area contributed by atoms with E-state index in [0.29, 0.717) is 18.4 Å². The van der Waals surface area contributed by atoms with Crippen LogP contribution in [-0.2, 0) is 13.7 Å². The third kappa shape index (κ3) is 2.98. The van der Waals surface area contributed by atoms with Crippen molar-refractivity contribution in [2.24, 2.45) is 7.05 Å². The van der Waals surface area contributed by atoms with Gasteiger partial charge in [-0.2, -0.15) is 5.10 Å². The highest BCUT2D eigenvalue weighted by Crippen LogP contribution is 2.40. The smallest absolute Gasteiger partial charge is 0.141 e. The Hall–Kier alpha value is -2.23. The fourth-order valence-corrected chi connectivity index (χ4v) is 2.87. The van der Waals surface area contributed by atoms with Gasteiger partial charge in [0.25, 0.3) is 0 Å². The molecule has 0 saturated heterocycles. The standard InChI is InChI=1S/C19H24N2O2/c1-12(2)16-10-17(13(3)4)19(15-7-9-22-18(15)16)23-11-14-6-8-21(5)20-14/h6-10,12-13H,11H2,1-5H3. The number of ether oxygens (including phenoxy) is 1. The van der Waals surface area contributed by atoms with Crippen LogP contribution in [0.3, 0.4) is 0 Å². The maximum Gasteiger partial charge on any atom is 0.141 e. The van der Waals surface area contributed by atoms with Gasteiger partial charge in [-0.25, -0.2) is 0 Å². The molecule has 23 heavy (non-hydrogen) atoms. The molecule has 1 aromatic carbocycles. The van der Waals surface area contributed by atoms with Crippen molar-refractivity contribution < 1.29 is 9.15 Å². The second-order valence-electron chi connectivity index (χ2n) is 6.63. The summed E-state index contributed by atoms with van der Waals surface area (Å²) in [6, 6.07) is 6.21. The molecular formula is C19H24N2O2. The Balaban J connectivity index is 2.05. The molecule has 3 rings (SSSR count). The van der Waals surface area contributed by atoms with E-state index in [1.807, 2.05) is 25.4 Å². The van der Waals surface area contributed by atoms with Gasteiger partial charge in [0.2, 0.25) is 0 Å². The van der Waals surface area contributed by atoms with Gasteiger partial charge in [-0.15, -0.1) is 0 Å². The molecule has 2 aromatic heterocycles. The lowest BCUT2D eigenvalue weighted by Gasteiger charge is -2.18. The highest BCUT2D eigenvalue weighted by Gasteiger charge is 2.19. The Bertz CT molecular complexity index is 812. The third-order valence-corrected chi connectivity index (χ3v) is 4.12. The number of fused-ring (bicyclic) bond motifs is 1. The predicted octanol–water partition coefficient (Wildman–Crippen LogP) is 4.99. The minimum atomic E-state index is 0.380. The molecule has 3 aromatic rings. The van der Waals surface area contributed by atoms with E-state index in [1.54, 1.807) is 10.9 Å². The molecule has 0 aliphatic carbocycles. The van der Waals surface area contributed by atoms with Gasteiger partial charge in [0.15, 0.2) is 0 Å². The van der Waals surface area contributed by atoms with Crippen LogP contribution in [0.1, 0.15) is 56.4 Å². The zero-order valence-corrected chi connectivity index (χ0v) is 14.5. The van der Waals surface area contributed by atoms with Gasteiger partial charge in [0.1, 0.15) is 17.9 Å². The zero-order chi connectivity index (χ0) is 16.6. The average molecular weight is 312 g/mol. The number of rotatable bonds is 5. The quantitative estimate of drug-likeness (QED) is 0.666. The van der Waals surface area contributed by atoms with Crippen molar-refractivity contribution in [2.75, 3.05) is 0 Å². The highest BCUT2D eigenvalue weighted by molar-refractivity contribution is 5.88. The van der Waals surface area contributed by atoms with E-state index in [2.05, 4.69) is 38.9 Å². The van der Waals surface area contributed by atoms with E-state index in [9.17, 15) is 0 Å². The minimum Gasteiger partial charge on any atom is -0.486 e. The van der Waals surface area contributed by atoms with Crippen molar-refractivity contribution in [3.8, 4) is 5.75 Å². The molecule has 4 nitrogen and oxygen atoms in total. The second-order valence-corrected chi connectivity index (χ2v) is 6.63. The summed E-state index contributed by atoms with van der Waals surface area (Å²) in [5.41, 5.74) is 4.31. The molecule has 0 atom stereocenters. The predicted molar refractivity (Wildman–Crippen MR) is 91.9 cm³/mol. The number of aryl methyl sites for hydroxylation is 1. The topological polar surface area (TPSA) is 40.2 Å². The van der Waals surface area contributed by atoms with Gasteiger partial charge < -0.3 is 9.15 Å². The molecule has 0 bridgehead atoms. The fourth-order valence-electron chi connectivity index (χ4n) is 2.87. The first-order chi connectivity index (χ1) is 11.0. The van der Waals surface area contributed by atoms with Crippen LogP contribution in [0.15, 0.2) is 35.1 Å². The lowest BCUT2D eigenvalue weighted by molar-refractivity contribution is 0.299. The van der Waals surface area contributed by atoms with Gasteiger partial charge in [-0.05, 0) is 41.2 Å². The van der Waals surface area contributed by atoms with Crippen molar-refractivity contribution >= 4 is 11.0 Å². The van der Waals surface area contributed by atoms with Gasteiger partial charge in [0.05, 0.1) is 17.3 Å². The first-order valence-electron chi connectivity index (χ1n) is 8.12.